The van der Waals surface area contributed by atoms with Crippen molar-refractivity contribution in [2.75, 3.05) is 0 Å². The van der Waals surface area contributed by atoms with Gasteiger partial charge in [-0.25, -0.2) is 0 Å². The Balaban J connectivity index is 2.51. The number of aldehydes is 1. The molecule has 0 saturated heterocycles. The molecule has 0 aromatic heterocycles. The molecule has 0 bridgehead atoms. The lowest BCUT2D eigenvalue weighted by Gasteiger charge is -2.29. The summed E-state index contributed by atoms with van der Waals surface area (Å²) in [7, 11) is 0. The Labute approximate surface area is 115 Å². The van der Waals surface area contributed by atoms with Gasteiger partial charge in [-0.15, -0.1) is 0 Å². The fraction of sp³-hybridized carbons (Fsp3) is 0.278. The van der Waals surface area contributed by atoms with Crippen LogP contribution in [0.25, 0.3) is 0 Å². The molecule has 2 rings (SSSR count). The molecule has 0 aliphatic heterocycles. The van der Waals surface area contributed by atoms with E-state index in [-0.39, 0.29) is 0 Å². The third kappa shape index (κ3) is 2.76. The Morgan fingerprint density at radius 1 is 0.895 bits per heavy atom. The summed E-state index contributed by atoms with van der Waals surface area (Å²) < 4.78 is 0. The Bertz CT molecular complexity index is 462. The van der Waals surface area contributed by atoms with Crippen LogP contribution in [0.1, 0.15) is 37.3 Å². The van der Waals surface area contributed by atoms with Gasteiger partial charge >= 0.3 is 0 Å². The smallest absolute Gasteiger partial charge is 0.134 e. The lowest BCUT2D eigenvalue weighted by atomic mass is 9.72. The Morgan fingerprint density at radius 3 is 1.74 bits per heavy atom. The van der Waals surface area contributed by atoms with Crippen LogP contribution in [0.4, 0.5) is 0 Å². The summed E-state index contributed by atoms with van der Waals surface area (Å²) in [5, 5.41) is 0. The van der Waals surface area contributed by atoms with Gasteiger partial charge in [-0.05, 0) is 17.5 Å². The van der Waals surface area contributed by atoms with Crippen molar-refractivity contribution < 1.29 is 4.79 Å². The Hall–Kier alpha value is -1.89. The van der Waals surface area contributed by atoms with E-state index in [4.69, 9.17) is 0 Å². The maximum atomic E-state index is 11.9. The number of carbonyl (C=O) groups is 1. The second kappa shape index (κ2) is 6.33. The zero-order valence-corrected chi connectivity index (χ0v) is 11.4. The summed E-state index contributed by atoms with van der Waals surface area (Å²) >= 11 is 0. The van der Waals surface area contributed by atoms with Gasteiger partial charge in [0.15, 0.2) is 0 Å². The van der Waals surface area contributed by atoms with Crippen molar-refractivity contribution in [3.63, 3.8) is 0 Å². The van der Waals surface area contributed by atoms with Crippen molar-refractivity contribution in [3.8, 4) is 0 Å². The zero-order chi connectivity index (χ0) is 13.6. The van der Waals surface area contributed by atoms with Crippen LogP contribution in [-0.2, 0) is 10.2 Å². The van der Waals surface area contributed by atoms with Gasteiger partial charge in [0.1, 0.15) is 6.29 Å². The summed E-state index contributed by atoms with van der Waals surface area (Å²) in [5.74, 6) is 0. The Morgan fingerprint density at radius 2 is 1.37 bits per heavy atom. The summed E-state index contributed by atoms with van der Waals surface area (Å²) in [6.45, 7) is 2.16. The normalized spacial score (nSPS) is 11.2. The van der Waals surface area contributed by atoms with Crippen LogP contribution < -0.4 is 0 Å². The predicted octanol–water partition coefficient (Wildman–Crippen LogP) is 4.36. The van der Waals surface area contributed by atoms with Gasteiger partial charge in [0.2, 0.25) is 0 Å². The van der Waals surface area contributed by atoms with E-state index in [1.54, 1.807) is 0 Å². The number of hydrogen-bond acceptors (Lipinski definition) is 1. The maximum Gasteiger partial charge on any atom is 0.134 e. The van der Waals surface area contributed by atoms with Crippen molar-refractivity contribution in [2.24, 2.45) is 0 Å². The minimum Gasteiger partial charge on any atom is -0.302 e. The van der Waals surface area contributed by atoms with Crippen LogP contribution in [0.3, 0.4) is 0 Å². The molecule has 2 aromatic carbocycles. The van der Waals surface area contributed by atoms with E-state index in [1.165, 1.54) is 0 Å². The number of benzene rings is 2. The monoisotopic (exact) mass is 252 g/mol. The van der Waals surface area contributed by atoms with E-state index in [0.717, 1.165) is 36.7 Å². The third-order valence-corrected chi connectivity index (χ3v) is 3.70. The van der Waals surface area contributed by atoms with E-state index < -0.39 is 5.41 Å². The van der Waals surface area contributed by atoms with Crippen molar-refractivity contribution >= 4 is 6.29 Å². The van der Waals surface area contributed by atoms with Gasteiger partial charge in [-0.2, -0.15) is 0 Å². The molecule has 0 radical (unpaired) electrons. The lowest BCUT2D eigenvalue weighted by molar-refractivity contribution is -0.111. The first-order valence-electron chi connectivity index (χ1n) is 6.91. The average molecular weight is 252 g/mol. The molecule has 1 nitrogen and oxygen atoms in total. The highest BCUT2D eigenvalue weighted by Crippen LogP contribution is 2.35. The molecular formula is C18H20O. The number of rotatable bonds is 6. The van der Waals surface area contributed by atoms with Gasteiger partial charge in [0.05, 0.1) is 5.41 Å². The van der Waals surface area contributed by atoms with Gasteiger partial charge in [0.25, 0.3) is 0 Å². The first-order valence-corrected chi connectivity index (χ1v) is 6.91. The van der Waals surface area contributed by atoms with E-state index in [9.17, 15) is 4.79 Å². The Kier molecular flexibility index (Phi) is 4.51. The largest absolute Gasteiger partial charge is 0.302 e. The first kappa shape index (κ1) is 13.5. The van der Waals surface area contributed by atoms with E-state index >= 15 is 0 Å². The molecule has 98 valence electrons. The molecule has 0 unspecified atom stereocenters. The molecule has 0 atom stereocenters. The molecule has 0 aliphatic rings. The molecule has 0 amide bonds. The van der Waals surface area contributed by atoms with Crippen molar-refractivity contribution in [1.82, 2.24) is 0 Å². The fourth-order valence-corrected chi connectivity index (χ4v) is 2.58. The van der Waals surface area contributed by atoms with Crippen molar-refractivity contribution in [1.29, 1.82) is 0 Å². The third-order valence-electron chi connectivity index (χ3n) is 3.70. The standard InChI is InChI=1S/C18H20O/c1-2-3-14-18(15-19,16-10-6-4-7-11-16)17-12-8-5-9-13-17/h4-13,15H,2-3,14H2,1H3. The van der Waals surface area contributed by atoms with E-state index in [2.05, 4.69) is 31.2 Å². The van der Waals surface area contributed by atoms with Crippen LogP contribution in [0.15, 0.2) is 60.7 Å². The zero-order valence-electron chi connectivity index (χ0n) is 11.4. The molecule has 0 heterocycles. The average Bonchev–Trinajstić information content (AvgIpc) is 2.51. The second-order valence-corrected chi connectivity index (χ2v) is 4.92. The fourth-order valence-electron chi connectivity index (χ4n) is 2.58. The number of carbonyl (C=O) groups excluding carboxylic acids is 1. The number of hydrogen-bond donors (Lipinski definition) is 0. The first-order chi connectivity index (χ1) is 9.33. The van der Waals surface area contributed by atoms with Gasteiger partial charge < -0.3 is 4.79 Å². The SMILES string of the molecule is CCCCC(C=O)(c1ccccc1)c1ccccc1. The number of unbranched alkanes of at least 4 members (excludes halogenated alkanes) is 1. The molecule has 19 heavy (non-hydrogen) atoms. The highest BCUT2D eigenvalue weighted by Gasteiger charge is 2.33. The molecule has 0 N–H and O–H groups in total. The lowest BCUT2D eigenvalue weighted by Crippen LogP contribution is -2.29. The second-order valence-electron chi connectivity index (χ2n) is 4.92. The quantitative estimate of drug-likeness (QED) is 0.698. The molecule has 0 spiro atoms. The van der Waals surface area contributed by atoms with Crippen LogP contribution in [0, 0.1) is 0 Å². The predicted molar refractivity (Wildman–Crippen MR) is 79.3 cm³/mol. The minimum absolute atomic E-state index is 0.501. The molecular weight excluding hydrogens is 232 g/mol. The summed E-state index contributed by atoms with van der Waals surface area (Å²) in [6, 6.07) is 20.2. The summed E-state index contributed by atoms with van der Waals surface area (Å²) in [4.78, 5) is 11.9. The van der Waals surface area contributed by atoms with Crippen LogP contribution in [0.2, 0.25) is 0 Å². The molecule has 1 heteroatoms. The van der Waals surface area contributed by atoms with Crippen LogP contribution in [-0.4, -0.2) is 6.29 Å². The van der Waals surface area contributed by atoms with Gasteiger partial charge in [-0.1, -0.05) is 80.4 Å². The summed E-state index contributed by atoms with van der Waals surface area (Å²) in [6.07, 6.45) is 4.12. The van der Waals surface area contributed by atoms with Crippen molar-refractivity contribution in [2.45, 2.75) is 31.6 Å². The minimum atomic E-state index is -0.501. The maximum absolute atomic E-state index is 11.9. The molecule has 0 fully saturated rings. The topological polar surface area (TPSA) is 17.1 Å². The van der Waals surface area contributed by atoms with E-state index in [0.29, 0.717) is 0 Å². The molecule has 2 aromatic rings. The van der Waals surface area contributed by atoms with Gasteiger partial charge in [0, 0.05) is 0 Å². The van der Waals surface area contributed by atoms with Crippen molar-refractivity contribution in [3.05, 3.63) is 71.8 Å². The molecule has 0 aliphatic carbocycles. The van der Waals surface area contributed by atoms with Gasteiger partial charge in [-0.3, -0.25) is 0 Å². The highest BCUT2D eigenvalue weighted by atomic mass is 16.1. The summed E-state index contributed by atoms with van der Waals surface area (Å²) in [5.41, 5.74) is 1.67. The van der Waals surface area contributed by atoms with Crippen LogP contribution >= 0.6 is 0 Å². The van der Waals surface area contributed by atoms with Crippen LogP contribution in [0.5, 0.6) is 0 Å². The van der Waals surface area contributed by atoms with E-state index in [1.807, 2.05) is 36.4 Å². The highest BCUT2D eigenvalue weighted by molar-refractivity contribution is 5.75. The molecule has 0 saturated carbocycles.